The van der Waals surface area contributed by atoms with Crippen molar-refractivity contribution >= 4 is 33.1 Å². The van der Waals surface area contributed by atoms with Crippen molar-refractivity contribution in [3.8, 4) is 21.7 Å². The number of hydrogen-bond acceptors (Lipinski definition) is 5. The average molecular weight is 457 g/mol. The molecule has 0 atom stereocenters. The maximum atomic E-state index is 13.4. The fourth-order valence-electron chi connectivity index (χ4n) is 2.85. The zero-order valence-electron chi connectivity index (χ0n) is 15.9. The Hall–Kier alpha value is -2.52. The van der Waals surface area contributed by atoms with Gasteiger partial charge in [0.15, 0.2) is 4.34 Å². The van der Waals surface area contributed by atoms with Crippen LogP contribution in [-0.4, -0.2) is 13.4 Å². The van der Waals surface area contributed by atoms with E-state index in [4.69, 9.17) is 10.1 Å². The summed E-state index contributed by atoms with van der Waals surface area (Å²) in [5.41, 5.74) is 3.49. The van der Waals surface area contributed by atoms with Crippen LogP contribution in [0.15, 0.2) is 86.9 Å². The quantitative estimate of drug-likeness (QED) is 0.417. The molecule has 0 radical (unpaired) electrons. The molecule has 4 rings (SSSR count). The van der Waals surface area contributed by atoms with Gasteiger partial charge >= 0.3 is 0 Å². The molecule has 152 valence electrons. The first-order chi connectivity index (χ1) is 14.3. The molecule has 1 heterocycles. The molecule has 0 bridgehead atoms. The normalized spacial score (nSPS) is 11.6. The molecule has 0 saturated heterocycles. The maximum absolute atomic E-state index is 13.4. The van der Waals surface area contributed by atoms with E-state index < -0.39 is 10.0 Å². The summed E-state index contributed by atoms with van der Waals surface area (Å²) in [6.07, 6.45) is 0. The van der Waals surface area contributed by atoms with Crippen LogP contribution in [0, 0.1) is 12.7 Å². The van der Waals surface area contributed by atoms with Crippen molar-refractivity contribution in [2.24, 2.45) is 5.14 Å². The van der Waals surface area contributed by atoms with Gasteiger partial charge in [0.1, 0.15) is 5.82 Å². The lowest BCUT2D eigenvalue weighted by Gasteiger charge is -2.04. The predicted molar refractivity (Wildman–Crippen MR) is 120 cm³/mol. The molecule has 4 nitrogen and oxygen atoms in total. The highest BCUT2D eigenvalue weighted by Crippen LogP contribution is 2.42. The lowest BCUT2D eigenvalue weighted by atomic mass is 10.1. The molecule has 0 aliphatic heterocycles. The third-order valence-electron chi connectivity index (χ3n) is 4.40. The van der Waals surface area contributed by atoms with E-state index in [1.165, 1.54) is 41.2 Å². The van der Waals surface area contributed by atoms with Gasteiger partial charge in [-0.25, -0.2) is 22.9 Å². The highest BCUT2D eigenvalue weighted by molar-refractivity contribution is 8.01. The Morgan fingerprint density at radius 1 is 0.900 bits per heavy atom. The van der Waals surface area contributed by atoms with Crippen molar-refractivity contribution in [1.82, 2.24) is 4.98 Å². The number of halogens is 1. The molecule has 0 unspecified atom stereocenters. The third-order valence-corrected chi connectivity index (χ3v) is 7.50. The molecule has 3 aromatic carbocycles. The monoisotopic (exact) mass is 456 g/mol. The highest BCUT2D eigenvalue weighted by Gasteiger charge is 2.17. The van der Waals surface area contributed by atoms with E-state index in [1.807, 2.05) is 31.2 Å². The van der Waals surface area contributed by atoms with Crippen LogP contribution in [0.4, 0.5) is 4.39 Å². The second-order valence-electron chi connectivity index (χ2n) is 6.65. The number of nitrogens with zero attached hydrogens (tertiary/aromatic N) is 1. The fraction of sp³-hybridized carbons (Fsp3) is 0.0455. The summed E-state index contributed by atoms with van der Waals surface area (Å²) in [6, 6.07) is 20.7. The molecule has 0 spiro atoms. The highest BCUT2D eigenvalue weighted by atomic mass is 32.2. The predicted octanol–water partition coefficient (Wildman–Crippen LogP) is 5.72. The molecule has 1 aromatic heterocycles. The standard InChI is InChI=1S/C22H17FN2O2S3/c1-14-2-10-18(11-3-14)28-22-25-20(15-6-12-19(13-7-15)30(24,26)27)21(29-22)16-4-8-17(23)9-5-16/h2-13H,1H3,(H2,24,26,27). The molecule has 0 saturated carbocycles. The number of benzene rings is 3. The van der Waals surface area contributed by atoms with E-state index in [0.29, 0.717) is 5.69 Å². The van der Waals surface area contributed by atoms with Crippen LogP contribution in [-0.2, 0) is 10.0 Å². The number of primary sulfonamides is 1. The summed E-state index contributed by atoms with van der Waals surface area (Å²) in [5, 5.41) is 5.20. The Morgan fingerprint density at radius 2 is 1.50 bits per heavy atom. The number of aromatic nitrogens is 1. The minimum absolute atomic E-state index is 0.0408. The second-order valence-corrected chi connectivity index (χ2v) is 10.5. The Balaban J connectivity index is 1.78. The lowest BCUT2D eigenvalue weighted by Crippen LogP contribution is -2.11. The molecule has 2 N–H and O–H groups in total. The molecular formula is C22H17FN2O2S3. The van der Waals surface area contributed by atoms with Gasteiger partial charge in [0.05, 0.1) is 15.5 Å². The Bertz CT molecular complexity index is 1280. The van der Waals surface area contributed by atoms with Gasteiger partial charge in [-0.3, -0.25) is 0 Å². The Labute approximate surface area is 182 Å². The van der Waals surface area contributed by atoms with Gasteiger partial charge < -0.3 is 0 Å². The van der Waals surface area contributed by atoms with Crippen LogP contribution in [0.3, 0.4) is 0 Å². The Kier molecular flexibility index (Phi) is 5.75. The molecule has 4 aromatic rings. The minimum atomic E-state index is -3.77. The van der Waals surface area contributed by atoms with E-state index in [2.05, 4.69) is 0 Å². The summed E-state index contributed by atoms with van der Waals surface area (Å²) >= 11 is 3.06. The van der Waals surface area contributed by atoms with E-state index in [1.54, 1.807) is 36.0 Å². The van der Waals surface area contributed by atoms with Gasteiger partial charge in [-0.1, -0.05) is 53.7 Å². The molecular weight excluding hydrogens is 439 g/mol. The van der Waals surface area contributed by atoms with Crippen LogP contribution in [0.5, 0.6) is 0 Å². The van der Waals surface area contributed by atoms with Crippen molar-refractivity contribution in [3.05, 3.63) is 84.2 Å². The number of hydrogen-bond donors (Lipinski definition) is 1. The summed E-state index contributed by atoms with van der Waals surface area (Å²) in [5.74, 6) is -0.309. The van der Waals surface area contributed by atoms with Crippen molar-refractivity contribution in [2.45, 2.75) is 21.1 Å². The molecule has 0 aliphatic rings. The van der Waals surface area contributed by atoms with Gasteiger partial charge in [0, 0.05) is 10.5 Å². The van der Waals surface area contributed by atoms with Crippen molar-refractivity contribution in [1.29, 1.82) is 0 Å². The molecule has 30 heavy (non-hydrogen) atoms. The number of aryl methyl sites for hydroxylation is 1. The first-order valence-electron chi connectivity index (χ1n) is 8.94. The zero-order chi connectivity index (χ0) is 21.3. The minimum Gasteiger partial charge on any atom is -0.229 e. The van der Waals surface area contributed by atoms with Crippen molar-refractivity contribution in [2.75, 3.05) is 0 Å². The summed E-state index contributed by atoms with van der Waals surface area (Å²) in [7, 11) is -3.77. The molecule has 0 aliphatic carbocycles. The largest absolute Gasteiger partial charge is 0.238 e. The van der Waals surface area contributed by atoms with Gasteiger partial charge in [0.2, 0.25) is 10.0 Å². The van der Waals surface area contributed by atoms with Crippen LogP contribution >= 0.6 is 23.1 Å². The van der Waals surface area contributed by atoms with Crippen LogP contribution < -0.4 is 5.14 Å². The maximum Gasteiger partial charge on any atom is 0.238 e. The first-order valence-corrected chi connectivity index (χ1v) is 12.1. The van der Waals surface area contributed by atoms with Gasteiger partial charge in [0.25, 0.3) is 0 Å². The SMILES string of the molecule is Cc1ccc(Sc2nc(-c3ccc(S(N)(=O)=O)cc3)c(-c3ccc(F)cc3)s2)cc1. The van der Waals surface area contributed by atoms with E-state index >= 15 is 0 Å². The van der Waals surface area contributed by atoms with Gasteiger partial charge in [-0.2, -0.15) is 0 Å². The number of thiazole rings is 1. The Morgan fingerprint density at radius 3 is 2.10 bits per heavy atom. The molecule has 0 fully saturated rings. The van der Waals surface area contributed by atoms with Gasteiger partial charge in [-0.05, 0) is 48.9 Å². The fourth-order valence-corrected chi connectivity index (χ4v) is 5.50. The van der Waals surface area contributed by atoms with Crippen molar-refractivity contribution in [3.63, 3.8) is 0 Å². The first kappa shape index (κ1) is 20.7. The number of sulfonamides is 1. The van der Waals surface area contributed by atoms with Crippen LogP contribution in [0.25, 0.3) is 21.7 Å². The van der Waals surface area contributed by atoms with E-state index in [9.17, 15) is 12.8 Å². The zero-order valence-corrected chi connectivity index (χ0v) is 18.3. The molecule has 8 heteroatoms. The van der Waals surface area contributed by atoms with Crippen molar-refractivity contribution < 1.29 is 12.8 Å². The average Bonchev–Trinajstić information content (AvgIpc) is 3.13. The molecule has 0 amide bonds. The topological polar surface area (TPSA) is 73.0 Å². The van der Waals surface area contributed by atoms with Crippen LogP contribution in [0.2, 0.25) is 0 Å². The van der Waals surface area contributed by atoms with Crippen LogP contribution in [0.1, 0.15) is 5.56 Å². The number of nitrogens with two attached hydrogens (primary N) is 1. The third kappa shape index (κ3) is 4.62. The van der Waals surface area contributed by atoms with Gasteiger partial charge in [-0.15, -0.1) is 11.3 Å². The number of rotatable bonds is 5. The second kappa shape index (κ2) is 8.31. The van der Waals surface area contributed by atoms with E-state index in [0.717, 1.165) is 25.2 Å². The van der Waals surface area contributed by atoms with E-state index in [-0.39, 0.29) is 10.7 Å². The summed E-state index contributed by atoms with van der Waals surface area (Å²) in [4.78, 5) is 6.78. The summed E-state index contributed by atoms with van der Waals surface area (Å²) in [6.45, 7) is 2.04. The smallest absolute Gasteiger partial charge is 0.229 e. The lowest BCUT2D eigenvalue weighted by molar-refractivity contribution is 0.598. The summed E-state index contributed by atoms with van der Waals surface area (Å²) < 4.78 is 37.4.